The number of aliphatic hydroxyl groups excluding tert-OH is 1. The summed E-state index contributed by atoms with van der Waals surface area (Å²) in [5.74, 6) is 1.19. The van der Waals surface area contributed by atoms with E-state index in [1.54, 1.807) is 0 Å². The van der Waals surface area contributed by atoms with Crippen LogP contribution in [0.3, 0.4) is 0 Å². The van der Waals surface area contributed by atoms with Crippen molar-refractivity contribution in [1.82, 2.24) is 20.5 Å². The van der Waals surface area contributed by atoms with Crippen LogP contribution in [0.5, 0.6) is 0 Å². The Morgan fingerprint density at radius 3 is 2.78 bits per heavy atom. The third kappa shape index (κ3) is 6.34. The van der Waals surface area contributed by atoms with E-state index in [-0.39, 0.29) is 6.61 Å². The van der Waals surface area contributed by atoms with Gasteiger partial charge >= 0.3 is 0 Å². The lowest BCUT2D eigenvalue weighted by atomic mass is 10.0. The summed E-state index contributed by atoms with van der Waals surface area (Å²) in [5.41, 5.74) is 2.63. The summed E-state index contributed by atoms with van der Waals surface area (Å²) < 4.78 is 0. The average molecular weight is 314 g/mol. The first-order chi connectivity index (χ1) is 11.3. The summed E-state index contributed by atoms with van der Waals surface area (Å²) in [6, 6.07) is 10.4. The van der Waals surface area contributed by atoms with Crippen molar-refractivity contribution < 1.29 is 5.11 Å². The lowest BCUT2D eigenvalue weighted by molar-refractivity contribution is 0.271. The summed E-state index contributed by atoms with van der Waals surface area (Å²) in [6.45, 7) is 3.53. The second-order valence-electron chi connectivity index (χ2n) is 5.63. The molecule has 2 aromatic rings. The van der Waals surface area contributed by atoms with Crippen molar-refractivity contribution in [3.05, 3.63) is 53.1 Å². The number of H-pyrrole nitrogens is 1. The Hall–Kier alpha value is -1.98. The van der Waals surface area contributed by atoms with Crippen molar-refractivity contribution in [2.75, 3.05) is 6.54 Å². The number of rotatable bonds is 10. The maximum atomic E-state index is 8.99. The number of nitrogens with one attached hydrogen (secondary N) is 2. The van der Waals surface area contributed by atoms with Gasteiger partial charge in [-0.25, -0.2) is 4.98 Å². The fourth-order valence-electron chi connectivity index (χ4n) is 2.42. The number of aliphatic hydroxyl groups is 1. The molecule has 0 atom stereocenters. The molecular formula is C18H26N4O. The molecule has 0 bridgehead atoms. The number of benzene rings is 1. The van der Waals surface area contributed by atoms with Crippen LogP contribution in [-0.4, -0.2) is 26.8 Å². The van der Waals surface area contributed by atoms with E-state index < -0.39 is 0 Å². The molecule has 0 saturated heterocycles. The Morgan fingerprint density at radius 1 is 1.26 bits per heavy atom. The minimum atomic E-state index is -0.108. The highest BCUT2D eigenvalue weighted by Crippen LogP contribution is 2.13. The van der Waals surface area contributed by atoms with Crippen LogP contribution < -0.4 is 5.32 Å². The summed E-state index contributed by atoms with van der Waals surface area (Å²) >= 11 is 0. The molecule has 5 nitrogen and oxygen atoms in total. The molecule has 1 heterocycles. The van der Waals surface area contributed by atoms with Crippen LogP contribution >= 0.6 is 0 Å². The molecule has 0 spiro atoms. The summed E-state index contributed by atoms with van der Waals surface area (Å²) in [5, 5.41) is 19.2. The number of aromatic nitrogens is 3. The maximum Gasteiger partial charge on any atom is 0.164 e. The number of nitrogens with zero attached hydrogens (tertiary/aromatic N) is 2. The van der Waals surface area contributed by atoms with Gasteiger partial charge in [0.2, 0.25) is 0 Å². The lowest BCUT2D eigenvalue weighted by Gasteiger charge is -2.09. The second kappa shape index (κ2) is 9.92. The van der Waals surface area contributed by atoms with E-state index in [2.05, 4.69) is 57.8 Å². The molecule has 0 amide bonds. The van der Waals surface area contributed by atoms with Gasteiger partial charge in [0.1, 0.15) is 12.4 Å². The lowest BCUT2D eigenvalue weighted by Crippen LogP contribution is -2.17. The van der Waals surface area contributed by atoms with Crippen molar-refractivity contribution in [1.29, 1.82) is 0 Å². The Kier molecular flexibility index (Phi) is 7.49. The van der Waals surface area contributed by atoms with Crippen molar-refractivity contribution in [2.24, 2.45) is 0 Å². The van der Waals surface area contributed by atoms with Crippen molar-refractivity contribution >= 4 is 6.08 Å². The average Bonchev–Trinajstić information content (AvgIpc) is 3.04. The molecule has 0 aliphatic rings. The molecule has 0 saturated carbocycles. The zero-order valence-corrected chi connectivity index (χ0v) is 13.8. The van der Waals surface area contributed by atoms with E-state index in [9.17, 15) is 0 Å². The quantitative estimate of drug-likeness (QED) is 0.589. The van der Waals surface area contributed by atoms with Crippen molar-refractivity contribution in [2.45, 2.75) is 45.8 Å². The largest absolute Gasteiger partial charge is 0.388 e. The third-order valence-electron chi connectivity index (χ3n) is 3.63. The van der Waals surface area contributed by atoms with Crippen LogP contribution in [0.4, 0.5) is 0 Å². The van der Waals surface area contributed by atoms with Crippen LogP contribution in [0.2, 0.25) is 0 Å². The molecule has 0 radical (unpaired) electrons. The second-order valence-corrected chi connectivity index (χ2v) is 5.63. The van der Waals surface area contributed by atoms with Gasteiger partial charge in [0.15, 0.2) is 5.82 Å². The first kappa shape index (κ1) is 17.4. The Labute approximate surface area is 137 Å². The first-order valence-corrected chi connectivity index (χ1v) is 8.28. The van der Waals surface area contributed by atoms with Gasteiger partial charge in [0, 0.05) is 6.54 Å². The van der Waals surface area contributed by atoms with E-state index in [1.165, 1.54) is 30.4 Å². The van der Waals surface area contributed by atoms with Gasteiger partial charge in [-0.15, -0.1) is 0 Å². The summed E-state index contributed by atoms with van der Waals surface area (Å²) in [7, 11) is 0. The van der Waals surface area contributed by atoms with Crippen molar-refractivity contribution in [3.63, 3.8) is 0 Å². The molecule has 3 N–H and O–H groups in total. The molecule has 2 rings (SSSR count). The Bertz CT molecular complexity index is 592. The fraction of sp³-hybridized carbons (Fsp3) is 0.444. The molecule has 124 valence electrons. The fourth-order valence-corrected chi connectivity index (χ4v) is 2.42. The Morgan fingerprint density at radius 2 is 2.09 bits per heavy atom. The van der Waals surface area contributed by atoms with Crippen LogP contribution in [0.1, 0.15) is 49.8 Å². The molecule has 23 heavy (non-hydrogen) atoms. The van der Waals surface area contributed by atoms with E-state index in [1.807, 2.05) is 6.07 Å². The summed E-state index contributed by atoms with van der Waals surface area (Å²) in [4.78, 5) is 4.19. The SMILES string of the molecule is CCCCC/C(=C\c1ccccc1)CNCc1n[nH]c(CO)n1. The van der Waals surface area contributed by atoms with Gasteiger partial charge in [0.25, 0.3) is 0 Å². The first-order valence-electron chi connectivity index (χ1n) is 8.28. The van der Waals surface area contributed by atoms with E-state index in [0.717, 1.165) is 13.0 Å². The van der Waals surface area contributed by atoms with Crippen LogP contribution in [0.25, 0.3) is 6.08 Å². The van der Waals surface area contributed by atoms with E-state index >= 15 is 0 Å². The normalized spacial score (nSPS) is 11.8. The standard InChI is InChI=1S/C18H26N4O/c1-2-3-5-10-16(11-15-8-6-4-7-9-15)12-19-13-17-20-18(14-23)22-21-17/h4,6-9,11,19,23H,2-3,5,10,12-14H2,1H3,(H,20,21,22)/b16-11+. The highest BCUT2D eigenvalue weighted by atomic mass is 16.3. The van der Waals surface area contributed by atoms with E-state index in [4.69, 9.17) is 5.11 Å². The molecular weight excluding hydrogens is 288 g/mol. The smallest absolute Gasteiger partial charge is 0.164 e. The minimum absolute atomic E-state index is 0.108. The highest BCUT2D eigenvalue weighted by Gasteiger charge is 2.03. The number of aromatic amines is 1. The predicted octanol–water partition coefficient (Wildman–Crippen LogP) is 3.05. The van der Waals surface area contributed by atoms with Crippen LogP contribution in [-0.2, 0) is 13.2 Å². The molecule has 1 aromatic carbocycles. The predicted molar refractivity (Wildman–Crippen MR) is 92.6 cm³/mol. The molecule has 1 aromatic heterocycles. The molecule has 0 fully saturated rings. The van der Waals surface area contributed by atoms with Crippen LogP contribution in [0.15, 0.2) is 35.9 Å². The van der Waals surface area contributed by atoms with E-state index in [0.29, 0.717) is 18.2 Å². The minimum Gasteiger partial charge on any atom is -0.388 e. The number of hydrogen-bond donors (Lipinski definition) is 3. The van der Waals surface area contributed by atoms with Gasteiger partial charge in [-0.2, -0.15) is 5.10 Å². The van der Waals surface area contributed by atoms with Gasteiger partial charge in [0.05, 0.1) is 6.54 Å². The topological polar surface area (TPSA) is 73.8 Å². The van der Waals surface area contributed by atoms with Crippen molar-refractivity contribution in [3.8, 4) is 0 Å². The third-order valence-corrected chi connectivity index (χ3v) is 3.63. The zero-order valence-electron chi connectivity index (χ0n) is 13.8. The number of unbranched alkanes of at least 4 members (excludes halogenated alkanes) is 2. The molecule has 5 heteroatoms. The van der Waals surface area contributed by atoms with Gasteiger partial charge in [-0.05, 0) is 18.4 Å². The number of hydrogen-bond acceptors (Lipinski definition) is 4. The monoisotopic (exact) mass is 314 g/mol. The van der Waals surface area contributed by atoms with Gasteiger partial charge in [-0.3, -0.25) is 5.10 Å². The summed E-state index contributed by atoms with van der Waals surface area (Å²) in [6.07, 6.45) is 7.07. The van der Waals surface area contributed by atoms with Gasteiger partial charge < -0.3 is 10.4 Å². The molecule has 0 aliphatic carbocycles. The molecule has 0 aliphatic heterocycles. The molecule has 0 unspecified atom stereocenters. The zero-order chi connectivity index (χ0) is 16.3. The Balaban J connectivity index is 1.90. The maximum absolute atomic E-state index is 8.99. The van der Waals surface area contributed by atoms with Crippen LogP contribution in [0, 0.1) is 0 Å². The van der Waals surface area contributed by atoms with Gasteiger partial charge in [-0.1, -0.05) is 61.7 Å². The highest BCUT2D eigenvalue weighted by molar-refractivity contribution is 5.52.